The quantitative estimate of drug-likeness (QED) is 0.759. The molecule has 2 unspecified atom stereocenters. The molecule has 3 heterocycles. The number of piperidine rings is 1. The summed E-state index contributed by atoms with van der Waals surface area (Å²) in [4.78, 5) is 28.6. The van der Waals surface area contributed by atoms with Gasteiger partial charge in [0.15, 0.2) is 0 Å². The number of amides is 2. The SMILES string of the molecule is O=C(C1CCCN(C(=O)C2CCCO2)C1)N1CCCC1. The van der Waals surface area contributed by atoms with Gasteiger partial charge in [-0.25, -0.2) is 0 Å². The van der Waals surface area contributed by atoms with Crippen LogP contribution in [0.15, 0.2) is 0 Å². The van der Waals surface area contributed by atoms with Crippen molar-refractivity contribution in [1.29, 1.82) is 0 Å². The van der Waals surface area contributed by atoms with E-state index in [0.29, 0.717) is 13.2 Å². The monoisotopic (exact) mass is 280 g/mol. The number of carbonyl (C=O) groups excluding carboxylic acids is 2. The first kappa shape index (κ1) is 13.9. The van der Waals surface area contributed by atoms with Crippen LogP contribution in [0, 0.1) is 5.92 Å². The van der Waals surface area contributed by atoms with Gasteiger partial charge in [-0.3, -0.25) is 9.59 Å². The Labute approximate surface area is 120 Å². The molecule has 3 fully saturated rings. The molecule has 0 radical (unpaired) electrons. The average molecular weight is 280 g/mol. The zero-order chi connectivity index (χ0) is 13.9. The van der Waals surface area contributed by atoms with Crippen molar-refractivity contribution in [2.45, 2.75) is 44.6 Å². The molecule has 3 aliphatic heterocycles. The zero-order valence-corrected chi connectivity index (χ0v) is 12.1. The highest BCUT2D eigenvalue weighted by molar-refractivity contribution is 5.83. The molecule has 112 valence electrons. The smallest absolute Gasteiger partial charge is 0.251 e. The van der Waals surface area contributed by atoms with Gasteiger partial charge < -0.3 is 14.5 Å². The van der Waals surface area contributed by atoms with Crippen LogP contribution in [-0.4, -0.2) is 60.5 Å². The largest absolute Gasteiger partial charge is 0.368 e. The van der Waals surface area contributed by atoms with Crippen molar-refractivity contribution in [3.63, 3.8) is 0 Å². The third-order valence-electron chi connectivity index (χ3n) is 4.71. The number of ether oxygens (including phenoxy) is 1. The summed E-state index contributed by atoms with van der Waals surface area (Å²) in [5.41, 5.74) is 0. The molecule has 0 saturated carbocycles. The molecule has 0 spiro atoms. The topological polar surface area (TPSA) is 49.9 Å². The van der Waals surface area contributed by atoms with Crippen molar-refractivity contribution in [1.82, 2.24) is 9.80 Å². The van der Waals surface area contributed by atoms with Gasteiger partial charge >= 0.3 is 0 Å². The van der Waals surface area contributed by atoms with E-state index >= 15 is 0 Å². The second kappa shape index (κ2) is 6.12. The lowest BCUT2D eigenvalue weighted by Crippen LogP contribution is -2.48. The van der Waals surface area contributed by atoms with Crippen LogP contribution in [0.1, 0.15) is 38.5 Å². The lowest BCUT2D eigenvalue weighted by molar-refractivity contribution is -0.146. The first-order valence-electron chi connectivity index (χ1n) is 7.95. The Bertz CT molecular complexity index is 339. The molecule has 0 aliphatic carbocycles. The molecule has 0 aromatic carbocycles. The number of hydrogen-bond acceptors (Lipinski definition) is 3. The molecular formula is C15H24N2O3. The van der Waals surface area contributed by atoms with Crippen LogP contribution in [0.5, 0.6) is 0 Å². The molecule has 0 N–H and O–H groups in total. The molecule has 3 rings (SSSR count). The van der Waals surface area contributed by atoms with Crippen molar-refractivity contribution >= 4 is 11.8 Å². The van der Waals surface area contributed by atoms with Gasteiger partial charge in [0.1, 0.15) is 6.10 Å². The maximum Gasteiger partial charge on any atom is 0.251 e. The van der Waals surface area contributed by atoms with E-state index in [1.54, 1.807) is 0 Å². The van der Waals surface area contributed by atoms with Gasteiger partial charge in [-0.15, -0.1) is 0 Å². The molecule has 5 nitrogen and oxygen atoms in total. The van der Waals surface area contributed by atoms with E-state index in [1.807, 2.05) is 9.80 Å². The zero-order valence-electron chi connectivity index (χ0n) is 12.1. The normalized spacial score (nSPS) is 30.8. The molecule has 0 aromatic rings. The molecular weight excluding hydrogens is 256 g/mol. The molecule has 0 aromatic heterocycles. The fourth-order valence-corrected chi connectivity index (χ4v) is 3.55. The molecule has 2 amide bonds. The molecule has 20 heavy (non-hydrogen) atoms. The number of carbonyl (C=O) groups is 2. The van der Waals surface area contributed by atoms with Gasteiger partial charge in [0, 0.05) is 32.8 Å². The van der Waals surface area contributed by atoms with E-state index in [2.05, 4.69) is 0 Å². The summed E-state index contributed by atoms with van der Waals surface area (Å²) in [6.07, 6.45) is 5.65. The summed E-state index contributed by atoms with van der Waals surface area (Å²) in [5.74, 6) is 0.362. The van der Waals surface area contributed by atoms with Gasteiger partial charge in [-0.2, -0.15) is 0 Å². The Morgan fingerprint density at radius 1 is 0.850 bits per heavy atom. The molecule has 0 bridgehead atoms. The van der Waals surface area contributed by atoms with Crippen molar-refractivity contribution in [2.24, 2.45) is 5.92 Å². The highest BCUT2D eigenvalue weighted by Gasteiger charge is 2.35. The number of hydrogen-bond donors (Lipinski definition) is 0. The van der Waals surface area contributed by atoms with E-state index in [1.165, 1.54) is 0 Å². The van der Waals surface area contributed by atoms with Crippen LogP contribution in [0.4, 0.5) is 0 Å². The highest BCUT2D eigenvalue weighted by atomic mass is 16.5. The van der Waals surface area contributed by atoms with Crippen molar-refractivity contribution in [3.8, 4) is 0 Å². The number of likely N-dealkylation sites (tertiary alicyclic amines) is 2. The minimum Gasteiger partial charge on any atom is -0.368 e. The van der Waals surface area contributed by atoms with Crippen LogP contribution in [0.25, 0.3) is 0 Å². The molecule has 3 saturated heterocycles. The summed E-state index contributed by atoms with van der Waals surface area (Å²) < 4.78 is 5.48. The Balaban J connectivity index is 1.58. The first-order valence-corrected chi connectivity index (χ1v) is 7.95. The second-order valence-corrected chi connectivity index (χ2v) is 6.16. The van der Waals surface area contributed by atoms with Gasteiger partial charge in [0.05, 0.1) is 5.92 Å². The molecule has 2 atom stereocenters. The van der Waals surface area contributed by atoms with E-state index in [-0.39, 0.29) is 23.8 Å². The van der Waals surface area contributed by atoms with Crippen LogP contribution in [0.3, 0.4) is 0 Å². The summed E-state index contributed by atoms with van der Waals surface area (Å²) in [7, 11) is 0. The van der Waals surface area contributed by atoms with E-state index < -0.39 is 0 Å². The van der Waals surface area contributed by atoms with Crippen molar-refractivity contribution in [3.05, 3.63) is 0 Å². The van der Waals surface area contributed by atoms with E-state index in [4.69, 9.17) is 4.74 Å². The van der Waals surface area contributed by atoms with Crippen LogP contribution in [-0.2, 0) is 14.3 Å². The van der Waals surface area contributed by atoms with Crippen molar-refractivity contribution < 1.29 is 14.3 Å². The Hall–Kier alpha value is -1.10. The van der Waals surface area contributed by atoms with E-state index in [9.17, 15) is 9.59 Å². The van der Waals surface area contributed by atoms with E-state index in [0.717, 1.165) is 58.2 Å². The van der Waals surface area contributed by atoms with Crippen LogP contribution < -0.4 is 0 Å². The summed E-state index contributed by atoms with van der Waals surface area (Å²) >= 11 is 0. The van der Waals surface area contributed by atoms with Gasteiger partial charge in [-0.05, 0) is 38.5 Å². The van der Waals surface area contributed by atoms with Crippen LogP contribution >= 0.6 is 0 Å². The fraction of sp³-hybridized carbons (Fsp3) is 0.867. The highest BCUT2D eigenvalue weighted by Crippen LogP contribution is 2.23. The third kappa shape index (κ3) is 2.82. The fourth-order valence-electron chi connectivity index (χ4n) is 3.55. The Morgan fingerprint density at radius 3 is 2.30 bits per heavy atom. The first-order chi connectivity index (χ1) is 9.75. The van der Waals surface area contributed by atoms with Crippen molar-refractivity contribution in [2.75, 3.05) is 32.8 Å². The Kier molecular flexibility index (Phi) is 4.24. The third-order valence-corrected chi connectivity index (χ3v) is 4.71. The lowest BCUT2D eigenvalue weighted by Gasteiger charge is -2.35. The van der Waals surface area contributed by atoms with Gasteiger partial charge in [-0.1, -0.05) is 0 Å². The summed E-state index contributed by atoms with van der Waals surface area (Å²) in [6, 6.07) is 0. The van der Waals surface area contributed by atoms with Gasteiger partial charge in [0.25, 0.3) is 5.91 Å². The summed E-state index contributed by atoms with van der Waals surface area (Å²) in [5, 5.41) is 0. The second-order valence-electron chi connectivity index (χ2n) is 6.16. The predicted molar refractivity (Wildman–Crippen MR) is 74.1 cm³/mol. The maximum atomic E-state index is 12.4. The maximum absolute atomic E-state index is 12.4. The van der Waals surface area contributed by atoms with Gasteiger partial charge in [0.2, 0.25) is 5.91 Å². The molecule has 5 heteroatoms. The Morgan fingerprint density at radius 2 is 1.60 bits per heavy atom. The number of rotatable bonds is 2. The minimum atomic E-state index is -0.254. The predicted octanol–water partition coefficient (Wildman–Crippen LogP) is 1.03. The van der Waals surface area contributed by atoms with Crippen LogP contribution in [0.2, 0.25) is 0 Å². The minimum absolute atomic E-state index is 0.00667. The number of nitrogens with zero attached hydrogens (tertiary/aromatic N) is 2. The average Bonchev–Trinajstić information content (AvgIpc) is 3.18. The lowest BCUT2D eigenvalue weighted by atomic mass is 9.96. The summed E-state index contributed by atoms with van der Waals surface area (Å²) in [6.45, 7) is 3.86. The molecule has 3 aliphatic rings. The standard InChI is InChI=1S/C15H24N2O3/c18-14(16-7-1-2-8-16)12-5-3-9-17(11-12)15(19)13-6-4-10-20-13/h12-13H,1-11H2.